The minimum absolute atomic E-state index is 0.0894. The molecule has 0 unspecified atom stereocenters. The van der Waals surface area contributed by atoms with Gasteiger partial charge >= 0.3 is 0 Å². The molecule has 27 heavy (non-hydrogen) atoms. The zero-order valence-corrected chi connectivity index (χ0v) is 20.4. The molecule has 0 fully saturated rings. The lowest BCUT2D eigenvalue weighted by Crippen LogP contribution is -2.05. The van der Waals surface area contributed by atoms with Gasteiger partial charge in [-0.15, -0.1) is 0 Å². The maximum atomic E-state index is 13.1. The Morgan fingerprint density at radius 2 is 1.37 bits per heavy atom. The fourth-order valence-electron chi connectivity index (χ4n) is 2.73. The number of carbonyl (C=O) groups is 1. The van der Waals surface area contributed by atoms with E-state index >= 15 is 0 Å². The van der Waals surface area contributed by atoms with Gasteiger partial charge in [0.2, 0.25) is 0 Å². The van der Waals surface area contributed by atoms with Crippen LogP contribution >= 0.6 is 61.1 Å². The van der Waals surface area contributed by atoms with Crippen LogP contribution in [0.15, 0.2) is 82.8 Å². The molecule has 0 heterocycles. The van der Waals surface area contributed by atoms with Gasteiger partial charge in [-0.1, -0.05) is 40.2 Å². The van der Waals surface area contributed by atoms with Crippen molar-refractivity contribution in [3.63, 3.8) is 0 Å². The maximum absolute atomic E-state index is 13.1. The number of ketones is 1. The largest absolute Gasteiger partial charge is 0.289 e. The van der Waals surface area contributed by atoms with E-state index in [1.165, 1.54) is 12.7 Å². The van der Waals surface area contributed by atoms with Crippen molar-refractivity contribution in [3.8, 4) is 0 Å². The first kappa shape index (κ1) is 20.7. The second-order valence-corrected chi connectivity index (χ2v) is 9.59. The summed E-state index contributed by atoms with van der Waals surface area (Å²) in [5.74, 6) is 0.0894. The quantitative estimate of drug-likeness (QED) is 0.154. The average Bonchev–Trinajstić information content (AvgIpc) is 2.68. The minimum atomic E-state index is 0.0894. The molecule has 3 rings (SSSR count). The Bertz CT molecular complexity index is 943. The Hall–Kier alpha value is -0.990. The van der Waals surface area contributed by atoms with Gasteiger partial charge in [-0.2, -0.15) is 0 Å². The molecule has 0 aliphatic carbocycles. The molecule has 0 aliphatic heterocycles. The molecular formula is C23H17BrI2O. The van der Waals surface area contributed by atoms with E-state index < -0.39 is 0 Å². The van der Waals surface area contributed by atoms with Crippen molar-refractivity contribution in [2.45, 2.75) is 12.8 Å². The second kappa shape index (κ2) is 9.98. The highest BCUT2D eigenvalue weighted by molar-refractivity contribution is 14.1. The molecule has 0 atom stereocenters. The van der Waals surface area contributed by atoms with E-state index in [1.54, 1.807) is 0 Å². The highest BCUT2D eigenvalue weighted by Gasteiger charge is 2.13. The molecule has 3 aromatic carbocycles. The Morgan fingerprint density at radius 1 is 0.815 bits per heavy atom. The summed E-state index contributed by atoms with van der Waals surface area (Å²) >= 11 is 8.03. The van der Waals surface area contributed by atoms with Crippen LogP contribution in [0.25, 0.3) is 6.08 Å². The molecule has 0 aromatic heterocycles. The molecule has 4 heteroatoms. The van der Waals surface area contributed by atoms with Gasteiger partial charge in [0.25, 0.3) is 0 Å². The summed E-state index contributed by atoms with van der Waals surface area (Å²) in [7, 11) is 0. The first-order valence-electron chi connectivity index (χ1n) is 8.52. The van der Waals surface area contributed by atoms with Gasteiger partial charge in [0.05, 0.1) is 0 Å². The molecule has 3 aromatic rings. The molecule has 0 bridgehead atoms. The van der Waals surface area contributed by atoms with Crippen LogP contribution in [0.1, 0.15) is 27.9 Å². The number of carbonyl (C=O) groups excluding carboxylic acids is 1. The van der Waals surface area contributed by atoms with E-state index in [-0.39, 0.29) is 5.78 Å². The summed E-state index contributed by atoms with van der Waals surface area (Å²) in [5.41, 5.74) is 3.85. The van der Waals surface area contributed by atoms with Crippen molar-refractivity contribution in [1.82, 2.24) is 0 Å². The lowest BCUT2D eigenvalue weighted by atomic mass is 9.95. The van der Waals surface area contributed by atoms with Gasteiger partial charge in [0, 0.05) is 22.7 Å². The first-order chi connectivity index (χ1) is 13.0. The van der Waals surface area contributed by atoms with Crippen LogP contribution < -0.4 is 0 Å². The number of aryl methyl sites for hydroxylation is 1. The van der Waals surface area contributed by atoms with E-state index in [1.807, 2.05) is 30.3 Å². The van der Waals surface area contributed by atoms with E-state index in [2.05, 4.69) is 110 Å². The van der Waals surface area contributed by atoms with E-state index in [4.69, 9.17) is 0 Å². The van der Waals surface area contributed by atoms with Gasteiger partial charge < -0.3 is 0 Å². The van der Waals surface area contributed by atoms with Crippen molar-refractivity contribution in [1.29, 1.82) is 0 Å². The molecule has 136 valence electrons. The van der Waals surface area contributed by atoms with Gasteiger partial charge in [-0.3, -0.25) is 4.79 Å². The van der Waals surface area contributed by atoms with Crippen LogP contribution in [-0.4, -0.2) is 5.78 Å². The fourth-order valence-corrected chi connectivity index (χ4v) is 3.71. The predicted octanol–water partition coefficient (Wildman–Crippen LogP) is 7.56. The summed E-state index contributed by atoms with van der Waals surface area (Å²) in [5, 5.41) is 0. The minimum Gasteiger partial charge on any atom is -0.289 e. The highest BCUT2D eigenvalue weighted by atomic mass is 127. The molecule has 0 spiro atoms. The van der Waals surface area contributed by atoms with Crippen molar-refractivity contribution in [2.24, 2.45) is 0 Å². The third-order valence-corrected chi connectivity index (χ3v) is 6.17. The average molecular weight is 643 g/mol. The highest BCUT2D eigenvalue weighted by Crippen LogP contribution is 2.21. The summed E-state index contributed by atoms with van der Waals surface area (Å²) in [6.45, 7) is 0. The molecule has 0 saturated carbocycles. The second-order valence-electron chi connectivity index (χ2n) is 6.18. The van der Waals surface area contributed by atoms with Crippen LogP contribution in [-0.2, 0) is 6.42 Å². The summed E-state index contributed by atoms with van der Waals surface area (Å²) < 4.78 is 3.38. The molecule has 0 aliphatic rings. The summed E-state index contributed by atoms with van der Waals surface area (Å²) in [6, 6.07) is 24.3. The normalized spacial score (nSPS) is 11.4. The number of halogens is 3. The Labute approximate surface area is 195 Å². The van der Waals surface area contributed by atoms with Crippen LogP contribution in [0.5, 0.6) is 0 Å². The van der Waals surface area contributed by atoms with Gasteiger partial charge in [0.1, 0.15) is 0 Å². The van der Waals surface area contributed by atoms with E-state index in [0.717, 1.165) is 27.6 Å². The number of hydrogen-bond donors (Lipinski definition) is 0. The third kappa shape index (κ3) is 6.26. The lowest BCUT2D eigenvalue weighted by molar-refractivity contribution is 0.103. The van der Waals surface area contributed by atoms with Crippen LogP contribution in [0.3, 0.4) is 0 Å². The van der Waals surface area contributed by atoms with E-state index in [0.29, 0.717) is 6.42 Å². The Morgan fingerprint density at radius 3 is 1.96 bits per heavy atom. The van der Waals surface area contributed by atoms with Crippen LogP contribution in [0.4, 0.5) is 0 Å². The lowest BCUT2D eigenvalue weighted by Gasteiger charge is -2.09. The number of Topliss-reactive ketones (excluding diaryl/α,β-unsaturated/α-hetero) is 1. The molecular weight excluding hydrogens is 626 g/mol. The predicted molar refractivity (Wildman–Crippen MR) is 133 cm³/mol. The number of allylic oxidation sites excluding steroid dienone is 1. The topological polar surface area (TPSA) is 17.1 Å². The van der Waals surface area contributed by atoms with Crippen LogP contribution in [0.2, 0.25) is 0 Å². The van der Waals surface area contributed by atoms with Crippen molar-refractivity contribution >= 4 is 73.0 Å². The number of benzene rings is 3. The SMILES string of the molecule is O=C(/C(=C\c1ccc(I)cc1)CCc1ccc(I)cc1)c1ccc(Br)cc1. The van der Waals surface area contributed by atoms with Crippen molar-refractivity contribution in [2.75, 3.05) is 0 Å². The van der Waals surface area contributed by atoms with Gasteiger partial charge in [0.15, 0.2) is 5.78 Å². The van der Waals surface area contributed by atoms with Gasteiger partial charge in [-0.05, 0) is 124 Å². The monoisotopic (exact) mass is 642 g/mol. The number of hydrogen-bond acceptors (Lipinski definition) is 1. The third-order valence-electron chi connectivity index (χ3n) is 4.21. The summed E-state index contributed by atoms with van der Waals surface area (Å²) in [6.07, 6.45) is 3.57. The standard InChI is InChI=1S/C23H17BrI2O/c24-20-9-7-18(8-10-20)23(27)19(15-17-4-13-22(26)14-5-17)6-1-16-2-11-21(25)12-3-16/h2-5,7-15H,1,6H2/b19-15-. The first-order valence-corrected chi connectivity index (χ1v) is 11.5. The van der Waals surface area contributed by atoms with Crippen LogP contribution in [0, 0.1) is 7.14 Å². The van der Waals surface area contributed by atoms with Crippen molar-refractivity contribution < 1.29 is 4.79 Å². The zero-order chi connectivity index (χ0) is 19.2. The Balaban J connectivity index is 1.87. The maximum Gasteiger partial charge on any atom is 0.189 e. The smallest absolute Gasteiger partial charge is 0.189 e. The summed E-state index contributed by atoms with van der Waals surface area (Å²) in [4.78, 5) is 13.1. The van der Waals surface area contributed by atoms with E-state index in [9.17, 15) is 4.79 Å². The number of rotatable bonds is 6. The molecule has 0 saturated heterocycles. The molecule has 0 amide bonds. The zero-order valence-electron chi connectivity index (χ0n) is 14.5. The molecule has 0 N–H and O–H groups in total. The molecule has 1 nitrogen and oxygen atoms in total. The van der Waals surface area contributed by atoms with Gasteiger partial charge in [-0.25, -0.2) is 0 Å². The molecule has 0 radical (unpaired) electrons. The fraction of sp³-hybridized carbons (Fsp3) is 0.0870. The Kier molecular flexibility index (Phi) is 7.66. The van der Waals surface area contributed by atoms with Crippen molar-refractivity contribution in [3.05, 3.63) is 107 Å².